The van der Waals surface area contributed by atoms with Crippen LogP contribution in [0, 0.1) is 10.1 Å². The average Bonchev–Trinajstić information content (AvgIpc) is 2.68. The number of piperidine rings is 1. The van der Waals surface area contributed by atoms with Gasteiger partial charge >= 0.3 is 5.69 Å². The Hall–Kier alpha value is -1.90. The number of benzene rings is 1. The van der Waals surface area contributed by atoms with Gasteiger partial charge in [-0.3, -0.25) is 19.8 Å². The van der Waals surface area contributed by atoms with Gasteiger partial charge in [-0.15, -0.1) is 0 Å². The molecule has 0 saturated carbocycles. The Kier molecular flexibility index (Phi) is 9.13. The third-order valence-corrected chi connectivity index (χ3v) is 5.57. The van der Waals surface area contributed by atoms with Crippen molar-refractivity contribution in [2.45, 2.75) is 64.0 Å². The molecule has 0 bridgehead atoms. The fraction of sp³-hybridized carbons (Fsp3) is 0.650. The fourth-order valence-corrected chi connectivity index (χ4v) is 3.96. The normalized spacial score (nSPS) is 16.9. The Bertz CT molecular complexity index is 708. The van der Waals surface area contributed by atoms with Crippen molar-refractivity contribution in [1.29, 1.82) is 0 Å². The maximum absolute atomic E-state index is 11.8. The molecule has 0 spiro atoms. The van der Waals surface area contributed by atoms with Gasteiger partial charge in [0.25, 0.3) is 0 Å². The molecule has 1 saturated heterocycles. The molecule has 2 rings (SSSR count). The number of amides is 1. The molecule has 0 aliphatic carbocycles. The van der Waals surface area contributed by atoms with Crippen LogP contribution in [0.3, 0.4) is 0 Å². The number of carbonyl (C=O) groups is 1. The minimum absolute atomic E-state index is 0.0154. The van der Waals surface area contributed by atoms with Crippen LogP contribution in [0.1, 0.15) is 63.5 Å². The van der Waals surface area contributed by atoms with Gasteiger partial charge in [0.15, 0.2) is 0 Å². The lowest BCUT2D eigenvalue weighted by Crippen LogP contribution is -2.47. The number of hydrogen-bond donors (Lipinski definition) is 2. The van der Waals surface area contributed by atoms with E-state index in [-0.39, 0.29) is 40.6 Å². The number of nitrogens with two attached hydrogens (primary N) is 1. The summed E-state index contributed by atoms with van der Waals surface area (Å²) >= 11 is 6.08. The number of nitrogens with zero attached hydrogens (tertiary/aromatic N) is 2. The van der Waals surface area contributed by atoms with Gasteiger partial charge in [-0.2, -0.15) is 0 Å². The third kappa shape index (κ3) is 6.55. The van der Waals surface area contributed by atoms with Crippen molar-refractivity contribution in [1.82, 2.24) is 4.90 Å². The molecule has 29 heavy (non-hydrogen) atoms. The maximum atomic E-state index is 11.8. The van der Waals surface area contributed by atoms with Crippen LogP contribution in [0.5, 0.6) is 5.75 Å². The lowest BCUT2D eigenvalue weighted by Gasteiger charge is -2.32. The number of aliphatic hydroxyl groups is 1. The van der Waals surface area contributed by atoms with E-state index in [0.29, 0.717) is 12.8 Å². The Morgan fingerprint density at radius 1 is 1.31 bits per heavy atom. The fourth-order valence-electron chi connectivity index (χ4n) is 3.75. The second-order valence-electron chi connectivity index (χ2n) is 7.46. The smallest absolute Gasteiger partial charge is 0.318 e. The number of rotatable bonds is 11. The van der Waals surface area contributed by atoms with Gasteiger partial charge in [0.1, 0.15) is 0 Å². The number of aliphatic hydroxyl groups excluding tert-OH is 1. The van der Waals surface area contributed by atoms with Crippen molar-refractivity contribution in [2.75, 3.05) is 19.7 Å². The van der Waals surface area contributed by atoms with Crippen LogP contribution < -0.4 is 10.5 Å². The van der Waals surface area contributed by atoms with Gasteiger partial charge in [-0.25, -0.2) is 0 Å². The predicted molar refractivity (Wildman–Crippen MR) is 111 cm³/mol. The molecule has 1 aliphatic heterocycles. The highest BCUT2D eigenvalue weighted by molar-refractivity contribution is 6.32. The number of unbranched alkanes of at least 4 members (excludes halogenated alkanes) is 2. The SMILES string of the molecule is CC(O)c1ccc(Cl)c(OCCCCCC(C(N)=O)N2CCCCC2)c1[N+](=O)[O-]. The molecule has 0 radical (unpaired) electrons. The average molecular weight is 428 g/mol. The van der Waals surface area contributed by atoms with E-state index in [1.165, 1.54) is 25.5 Å². The summed E-state index contributed by atoms with van der Waals surface area (Å²) in [6, 6.07) is 2.69. The van der Waals surface area contributed by atoms with Gasteiger partial charge in [-0.05, 0) is 64.3 Å². The first-order chi connectivity index (χ1) is 13.8. The van der Waals surface area contributed by atoms with Crippen LogP contribution in [-0.2, 0) is 4.79 Å². The summed E-state index contributed by atoms with van der Waals surface area (Å²) in [6.07, 6.45) is 5.38. The zero-order valence-electron chi connectivity index (χ0n) is 16.8. The molecule has 3 N–H and O–H groups in total. The summed E-state index contributed by atoms with van der Waals surface area (Å²) in [6.45, 7) is 3.54. The quantitative estimate of drug-likeness (QED) is 0.316. The molecule has 9 heteroatoms. The number of primary amides is 1. The van der Waals surface area contributed by atoms with E-state index in [1.54, 1.807) is 0 Å². The number of nitro groups is 1. The molecule has 2 unspecified atom stereocenters. The van der Waals surface area contributed by atoms with Crippen molar-refractivity contribution in [2.24, 2.45) is 5.73 Å². The van der Waals surface area contributed by atoms with E-state index in [0.717, 1.165) is 38.8 Å². The van der Waals surface area contributed by atoms with Gasteiger partial charge in [0, 0.05) is 0 Å². The van der Waals surface area contributed by atoms with Crippen molar-refractivity contribution in [3.05, 3.63) is 32.8 Å². The van der Waals surface area contributed by atoms with E-state index in [2.05, 4.69) is 4.90 Å². The summed E-state index contributed by atoms with van der Waals surface area (Å²) in [5, 5.41) is 21.3. The van der Waals surface area contributed by atoms with Crippen LogP contribution in [0.25, 0.3) is 0 Å². The Morgan fingerprint density at radius 3 is 2.59 bits per heavy atom. The van der Waals surface area contributed by atoms with Crippen molar-refractivity contribution in [3.8, 4) is 5.75 Å². The largest absolute Gasteiger partial charge is 0.486 e. The van der Waals surface area contributed by atoms with Gasteiger partial charge in [-0.1, -0.05) is 24.4 Å². The Morgan fingerprint density at radius 2 is 2.00 bits per heavy atom. The summed E-state index contributed by atoms with van der Waals surface area (Å²) in [7, 11) is 0. The Balaban J connectivity index is 1.85. The zero-order chi connectivity index (χ0) is 21.4. The van der Waals surface area contributed by atoms with E-state index >= 15 is 0 Å². The first-order valence-electron chi connectivity index (χ1n) is 10.1. The first kappa shape index (κ1) is 23.4. The first-order valence-corrected chi connectivity index (χ1v) is 10.5. The lowest BCUT2D eigenvalue weighted by atomic mass is 10.0. The molecule has 1 heterocycles. The van der Waals surface area contributed by atoms with Crippen molar-refractivity contribution in [3.63, 3.8) is 0 Å². The summed E-state index contributed by atoms with van der Waals surface area (Å²) < 4.78 is 5.60. The summed E-state index contributed by atoms with van der Waals surface area (Å²) in [5.41, 5.74) is 5.45. The highest BCUT2D eigenvalue weighted by Crippen LogP contribution is 2.40. The van der Waals surface area contributed by atoms with E-state index in [4.69, 9.17) is 22.1 Å². The molecule has 8 nitrogen and oxygen atoms in total. The number of hydrogen-bond acceptors (Lipinski definition) is 6. The van der Waals surface area contributed by atoms with Gasteiger partial charge in [0.05, 0.1) is 34.3 Å². The molecule has 1 aromatic rings. The second-order valence-corrected chi connectivity index (χ2v) is 7.87. The van der Waals surface area contributed by atoms with Crippen molar-refractivity contribution < 1.29 is 19.6 Å². The Labute approximate surface area is 176 Å². The molecule has 1 aliphatic rings. The molecule has 2 atom stereocenters. The number of nitro benzene ring substituents is 1. The van der Waals surface area contributed by atoms with Crippen LogP contribution in [0.15, 0.2) is 12.1 Å². The lowest BCUT2D eigenvalue weighted by molar-refractivity contribution is -0.387. The minimum atomic E-state index is -1.00. The van der Waals surface area contributed by atoms with Crippen LogP contribution >= 0.6 is 11.6 Å². The molecule has 0 aromatic heterocycles. The minimum Gasteiger partial charge on any atom is -0.486 e. The molecule has 162 valence electrons. The third-order valence-electron chi connectivity index (χ3n) is 5.28. The van der Waals surface area contributed by atoms with Crippen LogP contribution in [0.2, 0.25) is 5.02 Å². The number of ether oxygens (including phenoxy) is 1. The van der Waals surface area contributed by atoms with E-state index in [1.807, 2.05) is 0 Å². The topological polar surface area (TPSA) is 119 Å². The maximum Gasteiger partial charge on any atom is 0.318 e. The highest BCUT2D eigenvalue weighted by Gasteiger charge is 2.27. The molecule has 1 fully saturated rings. The monoisotopic (exact) mass is 427 g/mol. The van der Waals surface area contributed by atoms with E-state index < -0.39 is 11.0 Å². The second kappa shape index (κ2) is 11.3. The summed E-state index contributed by atoms with van der Waals surface area (Å²) in [4.78, 5) is 24.8. The number of likely N-dealkylation sites (tertiary alicyclic amines) is 1. The van der Waals surface area contributed by atoms with Crippen molar-refractivity contribution >= 4 is 23.2 Å². The number of carbonyl (C=O) groups excluding carboxylic acids is 1. The van der Waals surface area contributed by atoms with Gasteiger partial charge in [0.2, 0.25) is 11.7 Å². The zero-order valence-corrected chi connectivity index (χ0v) is 17.6. The van der Waals surface area contributed by atoms with Crippen LogP contribution in [0.4, 0.5) is 5.69 Å². The number of halogens is 1. The molecule has 1 aromatic carbocycles. The predicted octanol–water partition coefficient (Wildman–Crippen LogP) is 3.58. The molecular formula is C20H30ClN3O5. The molecular weight excluding hydrogens is 398 g/mol. The highest BCUT2D eigenvalue weighted by atomic mass is 35.5. The van der Waals surface area contributed by atoms with Crippen LogP contribution in [-0.4, -0.2) is 46.6 Å². The summed E-state index contributed by atoms with van der Waals surface area (Å²) in [5.74, 6) is -0.293. The van der Waals surface area contributed by atoms with Gasteiger partial charge < -0.3 is 15.6 Å². The van der Waals surface area contributed by atoms with E-state index in [9.17, 15) is 20.0 Å². The standard InChI is InChI=1S/C20H30ClN3O5/c1-14(25)15-9-10-16(21)19(18(15)24(27)28)29-13-7-2-4-8-17(20(22)26)23-11-5-3-6-12-23/h9-10,14,17,25H,2-8,11-13H2,1H3,(H2,22,26). The molecule has 1 amide bonds.